The molecule has 162 valence electrons. The van der Waals surface area contributed by atoms with Crippen LogP contribution in [0.1, 0.15) is 22.8 Å². The maximum absolute atomic E-state index is 13.5. The number of carbonyl (C=O) groups excluding carboxylic acids is 1. The van der Waals surface area contributed by atoms with Crippen molar-refractivity contribution in [2.45, 2.75) is 19.5 Å². The lowest BCUT2D eigenvalue weighted by Crippen LogP contribution is -2.53. The largest absolute Gasteiger partial charge is 0.492 e. The van der Waals surface area contributed by atoms with Gasteiger partial charge in [-0.3, -0.25) is 14.7 Å². The molecular formula is C24H23N5O2S. The van der Waals surface area contributed by atoms with Gasteiger partial charge in [-0.15, -0.1) is 11.3 Å². The molecule has 1 aliphatic rings. The van der Waals surface area contributed by atoms with Gasteiger partial charge in [0, 0.05) is 43.8 Å². The van der Waals surface area contributed by atoms with Gasteiger partial charge in [0.05, 0.1) is 5.56 Å². The van der Waals surface area contributed by atoms with Crippen LogP contribution < -0.4 is 0 Å². The first-order chi connectivity index (χ1) is 15.6. The van der Waals surface area contributed by atoms with Crippen LogP contribution in [0.2, 0.25) is 0 Å². The van der Waals surface area contributed by atoms with Crippen LogP contribution in [0.4, 0.5) is 0 Å². The lowest BCUT2D eigenvalue weighted by molar-refractivity contribution is 0.0477. The van der Waals surface area contributed by atoms with Crippen LogP contribution in [0, 0.1) is 0 Å². The number of thiophene rings is 1. The number of nitrogens with zero attached hydrogens (tertiary/aromatic N) is 5. The molecule has 4 heterocycles. The zero-order valence-corrected chi connectivity index (χ0v) is 18.5. The molecule has 7 nitrogen and oxygen atoms in total. The average Bonchev–Trinajstić information content (AvgIpc) is 3.25. The average molecular weight is 446 g/mol. The third-order valence-electron chi connectivity index (χ3n) is 5.74. The molecule has 1 aliphatic heterocycles. The van der Waals surface area contributed by atoms with E-state index in [4.69, 9.17) is 0 Å². The molecule has 0 saturated carbocycles. The summed E-state index contributed by atoms with van der Waals surface area (Å²) in [7, 11) is 0. The van der Waals surface area contributed by atoms with E-state index in [0.717, 1.165) is 19.6 Å². The summed E-state index contributed by atoms with van der Waals surface area (Å²) < 4.78 is 0.517. The Morgan fingerprint density at radius 3 is 2.69 bits per heavy atom. The fraction of sp³-hybridized carbons (Fsp3) is 0.250. The molecule has 0 bridgehead atoms. The molecule has 0 radical (unpaired) electrons. The van der Waals surface area contributed by atoms with Crippen LogP contribution in [-0.4, -0.2) is 61.4 Å². The molecule has 5 rings (SSSR count). The van der Waals surface area contributed by atoms with Crippen LogP contribution in [0.3, 0.4) is 0 Å². The predicted molar refractivity (Wildman–Crippen MR) is 125 cm³/mol. The van der Waals surface area contributed by atoms with Crippen molar-refractivity contribution in [2.24, 2.45) is 0 Å². The first-order valence-corrected chi connectivity index (χ1v) is 11.4. The van der Waals surface area contributed by atoms with Crippen molar-refractivity contribution in [3.63, 3.8) is 0 Å². The first-order valence-electron chi connectivity index (χ1n) is 10.6. The highest BCUT2D eigenvalue weighted by molar-refractivity contribution is 7.17. The third-order valence-corrected chi connectivity index (χ3v) is 6.71. The minimum absolute atomic E-state index is 0.0619. The summed E-state index contributed by atoms with van der Waals surface area (Å²) in [5, 5.41) is 12.2. The summed E-state index contributed by atoms with van der Waals surface area (Å²) in [4.78, 5) is 30.8. The second-order valence-corrected chi connectivity index (χ2v) is 8.86. The van der Waals surface area contributed by atoms with Crippen LogP contribution in [0.15, 0.2) is 60.1 Å². The van der Waals surface area contributed by atoms with Gasteiger partial charge in [0.2, 0.25) is 5.88 Å². The predicted octanol–water partition coefficient (Wildman–Crippen LogP) is 3.81. The summed E-state index contributed by atoms with van der Waals surface area (Å²) in [6.07, 6.45) is 1.65. The second kappa shape index (κ2) is 8.64. The maximum Gasteiger partial charge on any atom is 0.257 e. The zero-order chi connectivity index (χ0) is 22.1. The van der Waals surface area contributed by atoms with E-state index >= 15 is 0 Å². The van der Waals surface area contributed by atoms with Crippen LogP contribution >= 0.6 is 11.3 Å². The van der Waals surface area contributed by atoms with Crippen molar-refractivity contribution in [1.29, 1.82) is 0 Å². The Labute approximate surface area is 190 Å². The Morgan fingerprint density at radius 1 is 1.12 bits per heavy atom. The highest BCUT2D eigenvalue weighted by Crippen LogP contribution is 2.33. The SMILES string of the molecule is CC1CN(Cc2ccccc2)CCN1C(=O)c1csc2c(O)nc(-c3ccccn3)nc12. The number of piperazine rings is 1. The normalized spacial score (nSPS) is 17.0. The minimum Gasteiger partial charge on any atom is -0.492 e. The van der Waals surface area contributed by atoms with Crippen LogP contribution in [-0.2, 0) is 6.54 Å². The van der Waals surface area contributed by atoms with Crippen LogP contribution in [0.5, 0.6) is 5.88 Å². The van der Waals surface area contributed by atoms with E-state index in [1.807, 2.05) is 17.0 Å². The number of fused-ring (bicyclic) bond motifs is 1. The van der Waals surface area contributed by atoms with Gasteiger partial charge in [-0.05, 0) is 24.6 Å². The molecule has 3 aromatic heterocycles. The topological polar surface area (TPSA) is 82.5 Å². The van der Waals surface area contributed by atoms with Crippen molar-refractivity contribution in [1.82, 2.24) is 24.8 Å². The van der Waals surface area contributed by atoms with Crippen LogP contribution in [0.25, 0.3) is 21.7 Å². The number of rotatable bonds is 4. The number of aromatic hydroxyl groups is 1. The molecule has 4 aromatic rings. The van der Waals surface area contributed by atoms with Crippen molar-refractivity contribution in [3.05, 3.63) is 71.2 Å². The molecule has 32 heavy (non-hydrogen) atoms. The Hall–Kier alpha value is -3.36. The van der Waals surface area contributed by atoms with Gasteiger partial charge in [-0.2, -0.15) is 4.98 Å². The maximum atomic E-state index is 13.5. The molecule has 1 atom stereocenters. The van der Waals surface area contributed by atoms with E-state index in [1.165, 1.54) is 16.9 Å². The summed E-state index contributed by atoms with van der Waals surface area (Å²) >= 11 is 1.29. The molecule has 8 heteroatoms. The summed E-state index contributed by atoms with van der Waals surface area (Å²) in [6.45, 7) is 5.22. The van der Waals surface area contributed by atoms with Crippen molar-refractivity contribution < 1.29 is 9.90 Å². The number of benzene rings is 1. The lowest BCUT2D eigenvalue weighted by Gasteiger charge is -2.39. The number of hydrogen-bond donors (Lipinski definition) is 1. The summed E-state index contributed by atoms with van der Waals surface area (Å²) in [6, 6.07) is 15.9. The quantitative estimate of drug-likeness (QED) is 0.514. The van der Waals surface area contributed by atoms with Crippen molar-refractivity contribution in [3.8, 4) is 17.4 Å². The van der Waals surface area contributed by atoms with E-state index in [9.17, 15) is 9.90 Å². The summed E-state index contributed by atoms with van der Waals surface area (Å²) in [5.41, 5.74) is 2.81. The molecule has 1 aromatic carbocycles. The van der Waals surface area contributed by atoms with E-state index in [1.54, 1.807) is 23.7 Å². The van der Waals surface area contributed by atoms with Crippen molar-refractivity contribution >= 4 is 27.5 Å². The van der Waals surface area contributed by atoms with Gasteiger partial charge < -0.3 is 10.0 Å². The highest BCUT2D eigenvalue weighted by atomic mass is 32.1. The third kappa shape index (κ3) is 3.94. The fourth-order valence-electron chi connectivity index (χ4n) is 4.14. The van der Waals surface area contributed by atoms with E-state index in [2.05, 4.69) is 51.0 Å². The zero-order valence-electron chi connectivity index (χ0n) is 17.7. The first kappa shape index (κ1) is 20.5. The Morgan fingerprint density at radius 2 is 1.94 bits per heavy atom. The molecule has 0 aliphatic carbocycles. The minimum atomic E-state index is -0.125. The van der Waals surface area contributed by atoms with Gasteiger partial charge >= 0.3 is 0 Å². The number of carbonyl (C=O) groups is 1. The second-order valence-electron chi connectivity index (χ2n) is 7.98. The van der Waals surface area contributed by atoms with E-state index in [-0.39, 0.29) is 17.8 Å². The summed E-state index contributed by atoms with van der Waals surface area (Å²) in [5.74, 6) is 0.123. The molecule has 1 fully saturated rings. The smallest absolute Gasteiger partial charge is 0.257 e. The number of aromatic nitrogens is 3. The highest BCUT2D eigenvalue weighted by Gasteiger charge is 2.30. The Balaban J connectivity index is 1.38. The number of amides is 1. The molecule has 0 spiro atoms. The monoisotopic (exact) mass is 445 g/mol. The molecule has 1 amide bonds. The van der Waals surface area contributed by atoms with Gasteiger partial charge in [-0.1, -0.05) is 36.4 Å². The lowest BCUT2D eigenvalue weighted by atomic mass is 10.1. The standard InChI is InChI=1S/C24H23N5O2S/c1-16-13-28(14-17-7-3-2-4-8-17)11-12-29(16)24(31)18-15-32-21-20(18)26-22(27-23(21)30)19-9-5-6-10-25-19/h2-10,15-16H,11-14H2,1H3,(H,26,27,30). The van der Waals surface area contributed by atoms with E-state index in [0.29, 0.717) is 33.8 Å². The Kier molecular flexibility index (Phi) is 5.55. The Bertz CT molecular complexity index is 1250. The molecule has 1 N–H and O–H groups in total. The molecule has 1 unspecified atom stereocenters. The number of pyridine rings is 1. The van der Waals surface area contributed by atoms with Crippen molar-refractivity contribution in [2.75, 3.05) is 19.6 Å². The van der Waals surface area contributed by atoms with Gasteiger partial charge in [0.1, 0.15) is 15.9 Å². The molecular weight excluding hydrogens is 422 g/mol. The molecule has 1 saturated heterocycles. The van der Waals surface area contributed by atoms with E-state index < -0.39 is 0 Å². The van der Waals surface area contributed by atoms with Gasteiger partial charge in [0.25, 0.3) is 5.91 Å². The van der Waals surface area contributed by atoms with Gasteiger partial charge in [0.15, 0.2) is 5.82 Å². The number of hydrogen-bond acceptors (Lipinski definition) is 7. The fourth-order valence-corrected chi connectivity index (χ4v) is 5.01. The van der Waals surface area contributed by atoms with Gasteiger partial charge in [-0.25, -0.2) is 4.98 Å².